The van der Waals surface area contributed by atoms with Gasteiger partial charge >= 0.3 is 0 Å². The summed E-state index contributed by atoms with van der Waals surface area (Å²) in [6, 6.07) is 0. The fourth-order valence-corrected chi connectivity index (χ4v) is 1.69. The Morgan fingerprint density at radius 2 is 2.19 bits per heavy atom. The van der Waals surface area contributed by atoms with Gasteiger partial charge in [-0.1, -0.05) is 5.16 Å². The number of oxime groups is 1. The molecule has 0 aliphatic heterocycles. The van der Waals surface area contributed by atoms with Crippen molar-refractivity contribution in [1.82, 2.24) is 10.6 Å². The van der Waals surface area contributed by atoms with Gasteiger partial charge in [-0.25, -0.2) is 0 Å². The Balaban J connectivity index is 2.10. The molecule has 0 aromatic heterocycles. The Hall–Kier alpha value is -1.30. The van der Waals surface area contributed by atoms with Crippen molar-refractivity contribution in [3.05, 3.63) is 0 Å². The van der Waals surface area contributed by atoms with E-state index in [0.29, 0.717) is 18.8 Å². The van der Waals surface area contributed by atoms with Gasteiger partial charge in [-0.15, -0.1) is 0 Å². The van der Waals surface area contributed by atoms with Crippen molar-refractivity contribution in [2.24, 2.45) is 16.3 Å². The van der Waals surface area contributed by atoms with Gasteiger partial charge in [-0.2, -0.15) is 0 Å². The number of hydrogen-bond donors (Lipinski definition) is 4. The Morgan fingerprint density at radius 1 is 1.50 bits per heavy atom. The van der Waals surface area contributed by atoms with Crippen LogP contribution >= 0.6 is 0 Å². The second-order valence-corrected chi connectivity index (χ2v) is 4.43. The summed E-state index contributed by atoms with van der Waals surface area (Å²) in [5.41, 5.74) is 5.66. The zero-order valence-corrected chi connectivity index (χ0v) is 9.62. The van der Waals surface area contributed by atoms with E-state index in [9.17, 15) is 4.79 Å². The maximum atomic E-state index is 10.6. The number of carbonyl (C=O) groups excluding carboxylic acids is 1. The van der Waals surface area contributed by atoms with Crippen LogP contribution in [0.2, 0.25) is 0 Å². The average Bonchev–Trinajstić information content (AvgIpc) is 2.97. The summed E-state index contributed by atoms with van der Waals surface area (Å²) in [6.07, 6.45) is 2.85. The lowest BCUT2D eigenvalue weighted by molar-refractivity contribution is -0.118. The van der Waals surface area contributed by atoms with Gasteiger partial charge in [0.25, 0.3) is 0 Å². The van der Waals surface area contributed by atoms with Crippen molar-refractivity contribution >= 4 is 11.7 Å². The number of amides is 1. The molecule has 0 bridgehead atoms. The second-order valence-electron chi connectivity index (χ2n) is 4.43. The van der Waals surface area contributed by atoms with Crippen molar-refractivity contribution in [3.8, 4) is 0 Å². The van der Waals surface area contributed by atoms with Crippen LogP contribution in [-0.4, -0.2) is 36.6 Å². The first-order valence-corrected chi connectivity index (χ1v) is 5.49. The molecular weight excluding hydrogens is 208 g/mol. The molecule has 0 heterocycles. The van der Waals surface area contributed by atoms with E-state index in [2.05, 4.69) is 15.8 Å². The Bertz CT molecular complexity index is 274. The molecule has 5 N–H and O–H groups in total. The van der Waals surface area contributed by atoms with E-state index in [1.165, 1.54) is 6.92 Å². The lowest BCUT2D eigenvalue weighted by atomic mass is 10.0. The Kier molecular flexibility index (Phi) is 4.54. The highest BCUT2D eigenvalue weighted by Crippen LogP contribution is 2.48. The number of nitrogens with zero attached hydrogens (tertiary/aromatic N) is 1. The zero-order chi connectivity index (χ0) is 12.0. The van der Waals surface area contributed by atoms with Crippen LogP contribution in [0.3, 0.4) is 0 Å². The van der Waals surface area contributed by atoms with Gasteiger partial charge in [0.1, 0.15) is 5.84 Å². The molecule has 1 rings (SSSR count). The van der Waals surface area contributed by atoms with Crippen molar-refractivity contribution in [3.63, 3.8) is 0 Å². The van der Waals surface area contributed by atoms with Crippen LogP contribution in [0.4, 0.5) is 0 Å². The highest BCUT2D eigenvalue weighted by Gasteiger charge is 2.42. The normalized spacial score (nSPS) is 18.2. The molecule has 0 radical (unpaired) electrons. The molecule has 1 saturated carbocycles. The second kappa shape index (κ2) is 5.69. The number of nitrogens with two attached hydrogens (primary N) is 1. The Labute approximate surface area is 95.3 Å². The minimum absolute atomic E-state index is 0.0143. The van der Waals surface area contributed by atoms with E-state index >= 15 is 0 Å². The summed E-state index contributed by atoms with van der Waals surface area (Å²) in [5.74, 6) is 0.278. The fourth-order valence-electron chi connectivity index (χ4n) is 1.69. The molecule has 0 unspecified atom stereocenters. The third-order valence-electron chi connectivity index (χ3n) is 2.82. The van der Waals surface area contributed by atoms with Gasteiger partial charge in [0.2, 0.25) is 5.91 Å². The SMILES string of the molecule is CC(=O)NCCNCC1(CC(N)=NO)CC1. The molecule has 0 aromatic carbocycles. The summed E-state index contributed by atoms with van der Waals surface area (Å²) in [4.78, 5) is 10.6. The van der Waals surface area contributed by atoms with E-state index in [-0.39, 0.29) is 11.3 Å². The maximum absolute atomic E-state index is 10.6. The highest BCUT2D eigenvalue weighted by atomic mass is 16.4. The van der Waals surface area contributed by atoms with Crippen LogP contribution in [0.15, 0.2) is 5.16 Å². The van der Waals surface area contributed by atoms with Gasteiger partial charge < -0.3 is 21.6 Å². The summed E-state index contributed by atoms with van der Waals surface area (Å²) in [7, 11) is 0. The molecule has 0 spiro atoms. The standard InChI is InChI=1S/C10H20N4O2/c1-8(15)13-5-4-12-7-10(2-3-10)6-9(11)14-16/h12,16H,2-7H2,1H3,(H2,11,14)(H,13,15). The maximum Gasteiger partial charge on any atom is 0.216 e. The minimum atomic E-state index is -0.0143. The monoisotopic (exact) mass is 228 g/mol. The van der Waals surface area contributed by atoms with Crippen molar-refractivity contribution in [1.29, 1.82) is 0 Å². The van der Waals surface area contributed by atoms with Crippen molar-refractivity contribution < 1.29 is 10.0 Å². The van der Waals surface area contributed by atoms with Gasteiger partial charge in [-0.3, -0.25) is 4.79 Å². The van der Waals surface area contributed by atoms with Crippen molar-refractivity contribution in [2.45, 2.75) is 26.2 Å². The minimum Gasteiger partial charge on any atom is -0.409 e. The van der Waals surface area contributed by atoms with E-state index < -0.39 is 0 Å². The number of nitrogens with one attached hydrogen (secondary N) is 2. The van der Waals surface area contributed by atoms with E-state index in [1.807, 2.05) is 0 Å². The molecule has 6 heteroatoms. The van der Waals surface area contributed by atoms with E-state index in [1.54, 1.807) is 0 Å². The van der Waals surface area contributed by atoms with Crippen LogP contribution in [0.1, 0.15) is 26.2 Å². The Morgan fingerprint density at radius 3 is 2.69 bits per heavy atom. The number of rotatable bonds is 7. The largest absolute Gasteiger partial charge is 0.409 e. The molecule has 0 aromatic rings. The first-order valence-electron chi connectivity index (χ1n) is 5.49. The molecule has 6 nitrogen and oxygen atoms in total. The van der Waals surface area contributed by atoms with Crippen LogP contribution in [0.25, 0.3) is 0 Å². The molecule has 1 aliphatic carbocycles. The predicted molar refractivity (Wildman–Crippen MR) is 61.2 cm³/mol. The number of hydrogen-bond acceptors (Lipinski definition) is 4. The van der Waals surface area contributed by atoms with Crippen LogP contribution in [0.5, 0.6) is 0 Å². The van der Waals surface area contributed by atoms with Crippen LogP contribution in [0, 0.1) is 5.41 Å². The van der Waals surface area contributed by atoms with Gasteiger partial charge in [0.15, 0.2) is 0 Å². The summed E-state index contributed by atoms with van der Waals surface area (Å²) >= 11 is 0. The third-order valence-corrected chi connectivity index (χ3v) is 2.82. The molecule has 1 aliphatic rings. The van der Waals surface area contributed by atoms with Gasteiger partial charge in [-0.05, 0) is 18.3 Å². The van der Waals surface area contributed by atoms with Crippen LogP contribution in [-0.2, 0) is 4.79 Å². The third kappa shape index (κ3) is 4.48. The molecule has 0 saturated heterocycles. The number of amidine groups is 1. The van der Waals surface area contributed by atoms with E-state index in [4.69, 9.17) is 10.9 Å². The molecule has 16 heavy (non-hydrogen) atoms. The van der Waals surface area contributed by atoms with Gasteiger partial charge in [0, 0.05) is 33.0 Å². The summed E-state index contributed by atoms with van der Waals surface area (Å²) in [6.45, 7) is 3.73. The lowest BCUT2D eigenvalue weighted by Crippen LogP contribution is -2.34. The van der Waals surface area contributed by atoms with Crippen molar-refractivity contribution in [2.75, 3.05) is 19.6 Å². The first-order chi connectivity index (χ1) is 7.58. The van der Waals surface area contributed by atoms with Gasteiger partial charge in [0.05, 0.1) is 0 Å². The predicted octanol–water partition coefficient (Wildman–Crippen LogP) is -0.371. The van der Waals surface area contributed by atoms with E-state index in [0.717, 1.165) is 25.9 Å². The molecule has 0 atom stereocenters. The lowest BCUT2D eigenvalue weighted by Gasteiger charge is -2.15. The highest BCUT2D eigenvalue weighted by molar-refractivity contribution is 5.80. The molecular formula is C10H20N4O2. The first kappa shape index (κ1) is 12.8. The zero-order valence-electron chi connectivity index (χ0n) is 9.62. The fraction of sp³-hybridized carbons (Fsp3) is 0.800. The average molecular weight is 228 g/mol. The quantitative estimate of drug-likeness (QED) is 0.157. The number of carbonyl (C=O) groups is 1. The van der Waals surface area contributed by atoms with Crippen LogP contribution < -0.4 is 16.4 Å². The summed E-state index contributed by atoms with van der Waals surface area (Å²) in [5, 5.41) is 17.5. The topological polar surface area (TPSA) is 99.7 Å². The summed E-state index contributed by atoms with van der Waals surface area (Å²) < 4.78 is 0. The molecule has 1 fully saturated rings. The smallest absolute Gasteiger partial charge is 0.216 e. The molecule has 1 amide bonds. The molecule has 92 valence electrons.